The number of hydrogen-bond acceptors (Lipinski definition) is 3. The fourth-order valence-electron chi connectivity index (χ4n) is 1.64. The molecule has 16 heavy (non-hydrogen) atoms. The van der Waals surface area contributed by atoms with Crippen LogP contribution in [-0.2, 0) is 9.59 Å². The van der Waals surface area contributed by atoms with Gasteiger partial charge in [-0.2, -0.15) is 13.2 Å². The van der Waals surface area contributed by atoms with E-state index in [2.05, 4.69) is 0 Å². The topological polar surface area (TPSA) is 77.8 Å². The molecule has 1 fully saturated rings. The first-order valence-electron chi connectivity index (χ1n) is 4.37. The highest BCUT2D eigenvalue weighted by molar-refractivity contribution is 5.83. The highest BCUT2D eigenvalue weighted by atomic mass is 19.4. The zero-order valence-corrected chi connectivity index (χ0v) is 8.28. The van der Waals surface area contributed by atoms with Crippen LogP contribution in [0.1, 0.15) is 13.3 Å². The lowest BCUT2D eigenvalue weighted by Gasteiger charge is -2.25. The molecule has 0 saturated carbocycles. The Morgan fingerprint density at radius 3 is 2.19 bits per heavy atom. The van der Waals surface area contributed by atoms with Crippen molar-refractivity contribution >= 4 is 11.9 Å². The normalized spacial score (nSPS) is 30.6. The Morgan fingerprint density at radius 2 is 1.94 bits per heavy atom. The molecule has 1 amide bonds. The van der Waals surface area contributed by atoms with Crippen LogP contribution in [0.25, 0.3) is 0 Å². The average molecular weight is 241 g/mol. The van der Waals surface area contributed by atoms with Crippen LogP contribution < -0.4 is 0 Å². The largest absolute Gasteiger partial charge is 0.480 e. The van der Waals surface area contributed by atoms with Gasteiger partial charge in [0, 0.05) is 13.3 Å². The van der Waals surface area contributed by atoms with E-state index in [1.807, 2.05) is 0 Å². The summed E-state index contributed by atoms with van der Waals surface area (Å²) in [7, 11) is 0. The molecule has 1 aliphatic heterocycles. The fourth-order valence-corrected chi connectivity index (χ4v) is 1.64. The number of carboxylic acids is 1. The number of carbonyl (C=O) groups is 2. The molecule has 2 atom stereocenters. The van der Waals surface area contributed by atoms with Crippen molar-refractivity contribution in [3.63, 3.8) is 0 Å². The van der Waals surface area contributed by atoms with Crippen molar-refractivity contribution in [3.8, 4) is 0 Å². The third-order valence-corrected chi connectivity index (χ3v) is 2.56. The second kappa shape index (κ2) is 3.62. The second-order valence-corrected chi connectivity index (χ2v) is 3.73. The van der Waals surface area contributed by atoms with E-state index in [1.165, 1.54) is 0 Å². The summed E-state index contributed by atoms with van der Waals surface area (Å²) in [5.74, 6) is -2.37. The van der Waals surface area contributed by atoms with Gasteiger partial charge in [0.05, 0.1) is 6.54 Å². The van der Waals surface area contributed by atoms with Crippen LogP contribution in [0.3, 0.4) is 0 Å². The van der Waals surface area contributed by atoms with Crippen molar-refractivity contribution < 1.29 is 33.0 Å². The highest BCUT2D eigenvalue weighted by Gasteiger charge is 2.61. The fraction of sp³-hybridized carbons (Fsp3) is 0.750. The van der Waals surface area contributed by atoms with Gasteiger partial charge in [-0.05, 0) is 0 Å². The molecule has 2 N–H and O–H groups in total. The van der Waals surface area contributed by atoms with E-state index >= 15 is 0 Å². The molecule has 0 radical (unpaired) electrons. The van der Waals surface area contributed by atoms with E-state index in [-0.39, 0.29) is 0 Å². The molecular weight excluding hydrogens is 231 g/mol. The minimum atomic E-state index is -4.95. The summed E-state index contributed by atoms with van der Waals surface area (Å²) in [6.07, 6.45) is -5.99. The summed E-state index contributed by atoms with van der Waals surface area (Å²) in [6, 6.07) is -1.64. The Labute approximate surface area is 88.5 Å². The summed E-state index contributed by atoms with van der Waals surface area (Å²) >= 11 is 0. The third-order valence-electron chi connectivity index (χ3n) is 2.56. The van der Waals surface area contributed by atoms with E-state index in [0.29, 0.717) is 4.90 Å². The number of nitrogens with zero attached hydrogens (tertiary/aromatic N) is 1. The molecule has 1 heterocycles. The van der Waals surface area contributed by atoms with Crippen molar-refractivity contribution in [2.24, 2.45) is 0 Å². The van der Waals surface area contributed by atoms with Gasteiger partial charge in [0.2, 0.25) is 5.91 Å². The van der Waals surface area contributed by atoms with Crippen molar-refractivity contribution in [1.29, 1.82) is 0 Å². The Bertz CT molecular complexity index is 306. The maximum atomic E-state index is 12.4. The number of aliphatic carboxylic acids is 1. The molecule has 0 aromatic carbocycles. The number of aliphatic hydroxyl groups is 1. The van der Waals surface area contributed by atoms with E-state index in [0.717, 1.165) is 6.92 Å². The number of amides is 1. The molecule has 0 aromatic heterocycles. The van der Waals surface area contributed by atoms with E-state index in [9.17, 15) is 27.9 Å². The molecule has 1 aliphatic rings. The zero-order chi connectivity index (χ0) is 12.7. The first kappa shape index (κ1) is 12.8. The molecule has 1 saturated heterocycles. The quantitative estimate of drug-likeness (QED) is 0.676. The van der Waals surface area contributed by atoms with Crippen molar-refractivity contribution in [1.82, 2.24) is 4.90 Å². The summed E-state index contributed by atoms with van der Waals surface area (Å²) < 4.78 is 37.3. The summed E-state index contributed by atoms with van der Waals surface area (Å²) in [6.45, 7) is -0.0825. The van der Waals surface area contributed by atoms with Crippen LogP contribution in [0.15, 0.2) is 0 Å². The average Bonchev–Trinajstić information content (AvgIpc) is 2.43. The molecule has 2 unspecified atom stereocenters. The Balaban J connectivity index is 3.01. The SMILES string of the molecule is CC(=O)N1CC(O)(C(F)(F)F)CC1C(=O)O. The summed E-state index contributed by atoms with van der Waals surface area (Å²) in [5.41, 5.74) is -3.14. The standard InChI is InChI=1S/C8H10F3NO4/c1-4(13)12-3-7(16,8(9,10)11)2-5(12)6(14)15/h5,16H,2-3H2,1H3,(H,14,15). The number of likely N-dealkylation sites (tertiary alicyclic amines) is 1. The van der Waals surface area contributed by atoms with E-state index in [1.54, 1.807) is 0 Å². The maximum absolute atomic E-state index is 12.4. The van der Waals surface area contributed by atoms with Gasteiger partial charge in [0.15, 0.2) is 5.60 Å². The molecule has 5 nitrogen and oxygen atoms in total. The number of hydrogen-bond donors (Lipinski definition) is 2. The molecular formula is C8H10F3NO4. The van der Waals surface area contributed by atoms with Gasteiger partial charge in [-0.1, -0.05) is 0 Å². The zero-order valence-electron chi connectivity index (χ0n) is 8.28. The second-order valence-electron chi connectivity index (χ2n) is 3.73. The Kier molecular flexibility index (Phi) is 2.88. The molecule has 8 heteroatoms. The van der Waals surface area contributed by atoms with Crippen molar-refractivity contribution in [3.05, 3.63) is 0 Å². The predicted octanol–water partition coefficient (Wildman–Crippen LogP) is -0.0148. The molecule has 0 spiro atoms. The van der Waals surface area contributed by atoms with E-state index in [4.69, 9.17) is 5.11 Å². The van der Waals surface area contributed by atoms with Crippen LogP contribution >= 0.6 is 0 Å². The molecule has 0 aliphatic carbocycles. The van der Waals surface area contributed by atoms with Gasteiger partial charge >= 0.3 is 12.1 Å². The lowest BCUT2D eigenvalue weighted by atomic mass is 10.00. The minimum absolute atomic E-state index is 0.510. The highest BCUT2D eigenvalue weighted by Crippen LogP contribution is 2.40. The van der Waals surface area contributed by atoms with Crippen LogP contribution in [0.5, 0.6) is 0 Å². The Morgan fingerprint density at radius 1 is 1.44 bits per heavy atom. The molecule has 1 rings (SSSR count). The number of β-amino-alcohol motifs (C(OH)–C–C–N with tert-alkyl or cyclic N) is 1. The van der Waals surface area contributed by atoms with Gasteiger partial charge in [-0.3, -0.25) is 4.79 Å². The number of rotatable bonds is 1. The van der Waals surface area contributed by atoms with Crippen molar-refractivity contribution in [2.45, 2.75) is 31.2 Å². The van der Waals surface area contributed by atoms with E-state index < -0.39 is 42.7 Å². The van der Waals surface area contributed by atoms with Gasteiger partial charge < -0.3 is 15.1 Å². The first-order chi connectivity index (χ1) is 7.08. The molecule has 0 bridgehead atoms. The van der Waals surface area contributed by atoms with Crippen LogP contribution in [0, 0.1) is 0 Å². The smallest absolute Gasteiger partial charge is 0.419 e. The van der Waals surface area contributed by atoms with Crippen LogP contribution in [-0.4, -0.2) is 51.4 Å². The Hall–Kier alpha value is -1.31. The van der Waals surface area contributed by atoms with Gasteiger partial charge in [-0.25, -0.2) is 4.79 Å². The van der Waals surface area contributed by atoms with Gasteiger partial charge in [-0.15, -0.1) is 0 Å². The lowest BCUT2D eigenvalue weighted by molar-refractivity contribution is -0.253. The van der Waals surface area contributed by atoms with Crippen LogP contribution in [0.2, 0.25) is 0 Å². The first-order valence-corrected chi connectivity index (χ1v) is 4.37. The number of alkyl halides is 3. The number of halogens is 3. The molecule has 0 aromatic rings. The van der Waals surface area contributed by atoms with Crippen molar-refractivity contribution in [2.75, 3.05) is 6.54 Å². The third kappa shape index (κ3) is 1.97. The monoisotopic (exact) mass is 241 g/mol. The predicted molar refractivity (Wildman–Crippen MR) is 44.4 cm³/mol. The maximum Gasteiger partial charge on any atom is 0.419 e. The van der Waals surface area contributed by atoms with Gasteiger partial charge in [0.1, 0.15) is 6.04 Å². The van der Waals surface area contributed by atoms with Crippen LogP contribution in [0.4, 0.5) is 13.2 Å². The lowest BCUT2D eigenvalue weighted by Crippen LogP contribution is -2.47. The summed E-state index contributed by atoms with van der Waals surface area (Å²) in [5, 5.41) is 17.9. The van der Waals surface area contributed by atoms with Gasteiger partial charge in [0.25, 0.3) is 0 Å². The number of carbonyl (C=O) groups excluding carboxylic acids is 1. The summed E-state index contributed by atoms with van der Waals surface area (Å²) in [4.78, 5) is 22.1. The molecule has 92 valence electrons. The minimum Gasteiger partial charge on any atom is -0.480 e. The number of carboxylic acid groups (broad SMARTS) is 1.